The molecule has 0 unspecified atom stereocenters. The molecular weight excluding hydrogens is 226 g/mol. The Labute approximate surface area is 105 Å². The average Bonchev–Trinajstić information content (AvgIpc) is 2.79. The number of rotatable bonds is 1. The summed E-state index contributed by atoms with van der Waals surface area (Å²) in [5.41, 5.74) is 4.89. The molecule has 0 spiro atoms. The van der Waals surface area contributed by atoms with Crippen LogP contribution in [-0.2, 0) is 12.8 Å². The number of hydrogen-bond donors (Lipinski definition) is 2. The Kier molecular flexibility index (Phi) is 2.52. The van der Waals surface area contributed by atoms with Crippen LogP contribution in [0.3, 0.4) is 0 Å². The highest BCUT2D eigenvalue weighted by molar-refractivity contribution is 5.89. The maximum Gasteiger partial charge on any atom is 0.335 e. The average molecular weight is 239 g/mol. The summed E-state index contributed by atoms with van der Waals surface area (Å²) in [4.78, 5) is 14.3. The molecule has 2 aliphatic carbocycles. The second-order valence-corrected chi connectivity index (χ2v) is 4.44. The zero-order chi connectivity index (χ0) is 12.5. The van der Waals surface area contributed by atoms with Crippen molar-refractivity contribution in [3.63, 3.8) is 0 Å². The van der Waals surface area contributed by atoms with E-state index in [-0.39, 0.29) is 5.56 Å². The van der Waals surface area contributed by atoms with Gasteiger partial charge in [-0.15, -0.1) is 0 Å². The number of carbonyl (C=O) groups is 1. The Bertz CT molecular complexity index is 641. The number of aryl methyl sites for hydroxylation is 2. The minimum absolute atomic E-state index is 0.289. The summed E-state index contributed by atoms with van der Waals surface area (Å²) in [5, 5.41) is 9.16. The van der Waals surface area contributed by atoms with E-state index in [1.54, 1.807) is 18.2 Å². The van der Waals surface area contributed by atoms with Gasteiger partial charge in [0.15, 0.2) is 0 Å². The number of pyridine rings is 1. The van der Waals surface area contributed by atoms with Crippen LogP contribution in [0.2, 0.25) is 0 Å². The molecule has 2 N–H and O–H groups in total. The van der Waals surface area contributed by atoms with Crippen molar-refractivity contribution in [2.75, 3.05) is 0 Å². The fraction of sp³-hybridized carbons (Fsp3) is 0.133. The monoisotopic (exact) mass is 239 g/mol. The van der Waals surface area contributed by atoms with Gasteiger partial charge in [-0.3, -0.25) is 0 Å². The molecule has 0 aromatic carbocycles. The van der Waals surface area contributed by atoms with Gasteiger partial charge in [0.25, 0.3) is 0 Å². The summed E-state index contributed by atoms with van der Waals surface area (Å²) in [5.74, 6) is -0.910. The summed E-state index contributed by atoms with van der Waals surface area (Å²) in [6.07, 6.45) is 3.91. The lowest BCUT2D eigenvalue weighted by Gasteiger charge is -2.05. The lowest BCUT2D eigenvalue weighted by Crippen LogP contribution is -1.95. The van der Waals surface area contributed by atoms with Crippen LogP contribution in [0.4, 0.5) is 0 Å². The number of nitrogens with one attached hydrogen (secondary N) is 1. The molecule has 0 aromatic heterocycles. The first kappa shape index (κ1) is 10.8. The number of hydrogen-bond acceptors (Lipinski definition) is 1. The quantitative estimate of drug-likeness (QED) is 0.803. The van der Waals surface area contributed by atoms with E-state index in [1.807, 2.05) is 12.3 Å². The maximum atomic E-state index is 11.2. The smallest absolute Gasteiger partial charge is 0.335 e. The summed E-state index contributed by atoms with van der Waals surface area (Å²) >= 11 is 0. The number of aromatic carboxylic acids is 1. The van der Waals surface area contributed by atoms with E-state index in [2.05, 4.69) is 17.1 Å². The molecular formula is C15H13NO2. The van der Waals surface area contributed by atoms with E-state index in [9.17, 15) is 4.79 Å². The Balaban J connectivity index is 2.37. The Hall–Kier alpha value is -2.29. The van der Waals surface area contributed by atoms with Crippen LogP contribution in [0.25, 0.3) is 11.3 Å². The van der Waals surface area contributed by atoms with Crippen LogP contribution in [-0.4, -0.2) is 16.1 Å². The molecule has 1 aliphatic heterocycles. The summed E-state index contributed by atoms with van der Waals surface area (Å²) < 4.78 is 0. The third-order valence-electron chi connectivity index (χ3n) is 3.33. The van der Waals surface area contributed by atoms with E-state index in [4.69, 9.17) is 5.11 Å². The van der Waals surface area contributed by atoms with Crippen LogP contribution in [0.15, 0.2) is 42.6 Å². The van der Waals surface area contributed by atoms with E-state index in [0.29, 0.717) is 0 Å². The van der Waals surface area contributed by atoms with Crippen molar-refractivity contribution in [1.29, 1.82) is 0 Å². The molecule has 0 atom stereocenters. The number of aromatic nitrogens is 1. The minimum Gasteiger partial charge on any atom is -0.478 e. The number of carboxylic acids is 1. The number of H-pyrrole nitrogens is 1. The highest BCUT2D eigenvalue weighted by Crippen LogP contribution is 2.33. The molecule has 1 heterocycles. The fourth-order valence-corrected chi connectivity index (χ4v) is 2.49. The highest BCUT2D eigenvalue weighted by Gasteiger charge is 2.17. The maximum absolute atomic E-state index is 11.2. The van der Waals surface area contributed by atoms with Gasteiger partial charge in [0.1, 0.15) is 0 Å². The standard InChI is InChI=1S/C15H13NO2/c17-15(18)12-4-2-1-3-10-5-6-11-7-8-16-13(9-12)14(10)11/h1-4,7-9,16H,5-6H2,(H,17,18). The van der Waals surface area contributed by atoms with Crippen molar-refractivity contribution >= 4 is 5.97 Å². The van der Waals surface area contributed by atoms with Gasteiger partial charge in [-0.05, 0) is 42.2 Å². The van der Waals surface area contributed by atoms with E-state index in [0.717, 1.165) is 24.1 Å². The van der Waals surface area contributed by atoms with Crippen LogP contribution < -0.4 is 0 Å². The fourth-order valence-electron chi connectivity index (χ4n) is 2.49. The summed E-state index contributed by atoms with van der Waals surface area (Å²) in [7, 11) is 0. The van der Waals surface area contributed by atoms with Crippen molar-refractivity contribution in [3.05, 3.63) is 59.3 Å². The van der Waals surface area contributed by atoms with Crippen molar-refractivity contribution in [3.8, 4) is 11.3 Å². The molecule has 0 saturated heterocycles. The van der Waals surface area contributed by atoms with E-state index >= 15 is 0 Å². The second kappa shape index (κ2) is 4.18. The normalized spacial score (nSPS) is 12.4. The molecule has 90 valence electrons. The van der Waals surface area contributed by atoms with Gasteiger partial charge in [-0.25, -0.2) is 4.79 Å². The molecule has 3 aliphatic rings. The molecule has 3 rings (SSSR count). The summed E-state index contributed by atoms with van der Waals surface area (Å²) in [6.45, 7) is 0. The van der Waals surface area contributed by atoms with E-state index < -0.39 is 5.97 Å². The first-order chi connectivity index (χ1) is 8.75. The summed E-state index contributed by atoms with van der Waals surface area (Å²) in [6, 6.07) is 11.1. The lowest BCUT2D eigenvalue weighted by atomic mass is 10.1. The van der Waals surface area contributed by atoms with Crippen LogP contribution in [0.5, 0.6) is 0 Å². The zero-order valence-corrected chi connectivity index (χ0v) is 9.81. The molecule has 3 heteroatoms. The van der Waals surface area contributed by atoms with Crippen molar-refractivity contribution < 1.29 is 9.90 Å². The van der Waals surface area contributed by atoms with Crippen molar-refractivity contribution in [2.45, 2.75) is 12.8 Å². The van der Waals surface area contributed by atoms with Crippen molar-refractivity contribution in [2.24, 2.45) is 0 Å². The van der Waals surface area contributed by atoms with Gasteiger partial charge in [0.05, 0.1) is 5.56 Å². The Morgan fingerprint density at radius 1 is 1.11 bits per heavy atom. The Morgan fingerprint density at radius 3 is 2.61 bits per heavy atom. The van der Waals surface area contributed by atoms with Gasteiger partial charge < -0.3 is 10.1 Å². The first-order valence-corrected chi connectivity index (χ1v) is 5.95. The molecule has 0 saturated carbocycles. The lowest BCUT2D eigenvalue weighted by molar-refractivity contribution is 0.0697. The third kappa shape index (κ3) is 1.74. The third-order valence-corrected chi connectivity index (χ3v) is 3.33. The zero-order valence-electron chi connectivity index (χ0n) is 9.81. The molecule has 0 amide bonds. The van der Waals surface area contributed by atoms with Crippen LogP contribution in [0.1, 0.15) is 21.5 Å². The molecule has 0 bridgehead atoms. The number of aromatic amines is 1. The predicted molar refractivity (Wildman–Crippen MR) is 69.4 cm³/mol. The largest absolute Gasteiger partial charge is 0.478 e. The first-order valence-electron chi connectivity index (χ1n) is 5.95. The van der Waals surface area contributed by atoms with Crippen molar-refractivity contribution in [1.82, 2.24) is 4.98 Å². The molecule has 18 heavy (non-hydrogen) atoms. The second-order valence-electron chi connectivity index (χ2n) is 4.44. The van der Waals surface area contributed by atoms with Gasteiger partial charge in [0, 0.05) is 17.5 Å². The highest BCUT2D eigenvalue weighted by atomic mass is 16.4. The molecule has 0 aromatic rings. The number of carboxylic acid groups (broad SMARTS) is 1. The van der Waals surface area contributed by atoms with Gasteiger partial charge in [0.2, 0.25) is 0 Å². The van der Waals surface area contributed by atoms with E-state index in [1.165, 1.54) is 11.1 Å². The predicted octanol–water partition coefficient (Wildman–Crippen LogP) is 3.04. The van der Waals surface area contributed by atoms with Gasteiger partial charge >= 0.3 is 5.97 Å². The minimum atomic E-state index is -0.910. The molecule has 0 fully saturated rings. The SMILES string of the molecule is O=C(O)c1ccccc2c3c(cc[nH]c-3c1)CC2. The van der Waals surface area contributed by atoms with Gasteiger partial charge in [-0.1, -0.05) is 18.2 Å². The molecule has 0 radical (unpaired) electrons. The van der Waals surface area contributed by atoms with Crippen LogP contribution >= 0.6 is 0 Å². The molecule has 3 nitrogen and oxygen atoms in total. The van der Waals surface area contributed by atoms with Gasteiger partial charge in [-0.2, -0.15) is 0 Å². The Morgan fingerprint density at radius 2 is 1.83 bits per heavy atom. The topological polar surface area (TPSA) is 53.1 Å². The van der Waals surface area contributed by atoms with Crippen LogP contribution in [0, 0.1) is 0 Å².